The number of carbonyl (C=O) groups excluding carboxylic acids is 1. The molecule has 2 aromatic carbocycles. The van der Waals surface area contributed by atoms with Crippen molar-refractivity contribution in [3.8, 4) is 0 Å². The fourth-order valence-electron chi connectivity index (χ4n) is 2.80. The van der Waals surface area contributed by atoms with E-state index >= 15 is 0 Å². The third kappa shape index (κ3) is 4.70. The van der Waals surface area contributed by atoms with E-state index in [9.17, 15) is 4.79 Å². The number of aryl methyl sites for hydroxylation is 2. The summed E-state index contributed by atoms with van der Waals surface area (Å²) in [5.74, 6) is 0.402. The van der Waals surface area contributed by atoms with E-state index in [-0.39, 0.29) is 5.91 Å². The number of anilines is 2. The average Bonchev–Trinajstić information content (AvgIpc) is 2.68. The summed E-state index contributed by atoms with van der Waals surface area (Å²) in [7, 11) is 0. The maximum Gasteiger partial charge on any atom is 0.254 e. The van der Waals surface area contributed by atoms with Gasteiger partial charge in [0.2, 0.25) is 5.95 Å². The smallest absolute Gasteiger partial charge is 0.254 e. The van der Waals surface area contributed by atoms with E-state index in [1.165, 1.54) is 11.1 Å². The predicted molar refractivity (Wildman–Crippen MR) is 108 cm³/mol. The van der Waals surface area contributed by atoms with Crippen LogP contribution in [-0.4, -0.2) is 22.4 Å². The van der Waals surface area contributed by atoms with Gasteiger partial charge in [0.15, 0.2) is 0 Å². The van der Waals surface area contributed by atoms with Crippen molar-refractivity contribution in [2.24, 2.45) is 0 Å². The van der Waals surface area contributed by atoms with Crippen LogP contribution in [0.25, 0.3) is 0 Å². The van der Waals surface area contributed by atoms with Gasteiger partial charge in [0.25, 0.3) is 5.91 Å². The zero-order valence-electron chi connectivity index (χ0n) is 15.9. The lowest BCUT2D eigenvalue weighted by Gasteiger charge is -2.21. The number of nitrogens with zero attached hydrogens (tertiary/aromatic N) is 3. The van der Waals surface area contributed by atoms with Crippen LogP contribution in [0.1, 0.15) is 34.0 Å². The van der Waals surface area contributed by atoms with Crippen molar-refractivity contribution in [2.45, 2.75) is 27.3 Å². The minimum absolute atomic E-state index is 0.180. The van der Waals surface area contributed by atoms with Gasteiger partial charge in [-0.05, 0) is 44.0 Å². The fraction of sp³-hybridized carbons (Fsp3) is 0.227. The molecule has 5 heteroatoms. The maximum absolute atomic E-state index is 12.3. The van der Waals surface area contributed by atoms with Gasteiger partial charge in [0.1, 0.15) is 0 Å². The number of amides is 1. The van der Waals surface area contributed by atoms with Crippen LogP contribution in [-0.2, 0) is 6.54 Å². The minimum Gasteiger partial charge on any atom is -0.348 e. The SMILES string of the molecule is CCN(c1cccc(C)c1)c1ncc(C(=O)NCc2ccc(C)cc2)cn1. The molecule has 0 aliphatic carbocycles. The normalized spacial score (nSPS) is 10.5. The molecule has 0 saturated carbocycles. The van der Waals surface area contributed by atoms with Gasteiger partial charge < -0.3 is 10.2 Å². The molecular formula is C22H24N4O. The van der Waals surface area contributed by atoms with Crippen molar-refractivity contribution in [1.82, 2.24) is 15.3 Å². The summed E-state index contributed by atoms with van der Waals surface area (Å²) >= 11 is 0. The monoisotopic (exact) mass is 360 g/mol. The first-order valence-corrected chi connectivity index (χ1v) is 9.07. The largest absolute Gasteiger partial charge is 0.348 e. The van der Waals surface area contributed by atoms with Gasteiger partial charge >= 0.3 is 0 Å². The zero-order valence-corrected chi connectivity index (χ0v) is 15.9. The van der Waals surface area contributed by atoms with Gasteiger partial charge in [-0.2, -0.15) is 0 Å². The Balaban J connectivity index is 1.68. The molecule has 0 radical (unpaired) electrons. The molecule has 1 heterocycles. The maximum atomic E-state index is 12.3. The van der Waals surface area contributed by atoms with Crippen LogP contribution in [0.2, 0.25) is 0 Å². The quantitative estimate of drug-likeness (QED) is 0.716. The van der Waals surface area contributed by atoms with Crippen LogP contribution in [0.4, 0.5) is 11.6 Å². The molecule has 5 nitrogen and oxygen atoms in total. The molecule has 1 aromatic heterocycles. The molecule has 0 bridgehead atoms. The molecule has 0 saturated heterocycles. The number of hydrogen-bond acceptors (Lipinski definition) is 4. The Morgan fingerprint density at radius 2 is 1.70 bits per heavy atom. The van der Waals surface area contributed by atoms with Crippen LogP contribution in [0.15, 0.2) is 60.9 Å². The topological polar surface area (TPSA) is 58.1 Å². The summed E-state index contributed by atoms with van der Waals surface area (Å²) in [6.07, 6.45) is 3.15. The number of benzene rings is 2. The first-order chi connectivity index (χ1) is 13.1. The Morgan fingerprint density at radius 3 is 2.33 bits per heavy atom. The van der Waals surface area contributed by atoms with E-state index in [1.54, 1.807) is 12.4 Å². The highest BCUT2D eigenvalue weighted by atomic mass is 16.1. The molecule has 3 aromatic rings. The second-order valence-corrected chi connectivity index (χ2v) is 6.52. The number of nitrogens with one attached hydrogen (secondary N) is 1. The van der Waals surface area contributed by atoms with Crippen LogP contribution >= 0.6 is 0 Å². The van der Waals surface area contributed by atoms with Crippen LogP contribution < -0.4 is 10.2 Å². The van der Waals surface area contributed by atoms with Crippen molar-refractivity contribution < 1.29 is 4.79 Å². The first-order valence-electron chi connectivity index (χ1n) is 9.07. The summed E-state index contributed by atoms with van der Waals surface area (Å²) in [6, 6.07) is 16.3. The summed E-state index contributed by atoms with van der Waals surface area (Å²) in [5.41, 5.74) is 4.92. The van der Waals surface area contributed by atoms with E-state index in [2.05, 4.69) is 34.3 Å². The van der Waals surface area contributed by atoms with Crippen molar-refractivity contribution in [3.05, 3.63) is 83.2 Å². The zero-order chi connectivity index (χ0) is 19.2. The number of carbonyl (C=O) groups is 1. The van der Waals surface area contributed by atoms with Crippen LogP contribution in [0.5, 0.6) is 0 Å². The van der Waals surface area contributed by atoms with Gasteiger partial charge in [-0.15, -0.1) is 0 Å². The second kappa shape index (κ2) is 8.45. The molecule has 0 fully saturated rings. The van der Waals surface area contributed by atoms with E-state index in [4.69, 9.17) is 0 Å². The van der Waals surface area contributed by atoms with Crippen molar-refractivity contribution in [3.63, 3.8) is 0 Å². The Bertz CT molecular complexity index is 904. The molecule has 1 amide bonds. The van der Waals surface area contributed by atoms with Crippen molar-refractivity contribution in [1.29, 1.82) is 0 Å². The van der Waals surface area contributed by atoms with Crippen molar-refractivity contribution >= 4 is 17.5 Å². The van der Waals surface area contributed by atoms with E-state index in [0.717, 1.165) is 17.8 Å². The molecule has 27 heavy (non-hydrogen) atoms. The predicted octanol–water partition coefficient (Wildman–Crippen LogP) is 4.18. The molecule has 138 valence electrons. The van der Waals surface area contributed by atoms with Gasteiger partial charge in [-0.1, -0.05) is 42.0 Å². The third-order valence-corrected chi connectivity index (χ3v) is 4.35. The molecule has 0 aliphatic rings. The number of aromatic nitrogens is 2. The standard InChI is InChI=1S/C22H24N4O/c1-4-26(20-7-5-6-17(3)12-20)22-24-14-19(15-25-22)21(27)23-13-18-10-8-16(2)9-11-18/h5-12,14-15H,4,13H2,1-3H3,(H,23,27). The summed E-state index contributed by atoms with van der Waals surface area (Å²) in [5, 5.41) is 2.90. The molecule has 0 atom stereocenters. The van der Waals surface area contributed by atoms with Gasteiger partial charge in [-0.25, -0.2) is 9.97 Å². The van der Waals surface area contributed by atoms with E-state index < -0.39 is 0 Å². The molecule has 1 N–H and O–H groups in total. The third-order valence-electron chi connectivity index (χ3n) is 4.35. The van der Waals surface area contributed by atoms with Gasteiger partial charge in [0, 0.05) is 31.2 Å². The average molecular weight is 360 g/mol. The lowest BCUT2D eigenvalue weighted by molar-refractivity contribution is 0.0950. The molecular weight excluding hydrogens is 336 g/mol. The highest BCUT2D eigenvalue weighted by molar-refractivity contribution is 5.93. The Morgan fingerprint density at radius 1 is 1.00 bits per heavy atom. The Kier molecular flexibility index (Phi) is 5.81. The highest BCUT2D eigenvalue weighted by Crippen LogP contribution is 2.22. The molecule has 0 spiro atoms. The van der Waals surface area contributed by atoms with E-state index in [0.29, 0.717) is 18.1 Å². The van der Waals surface area contributed by atoms with Crippen molar-refractivity contribution in [2.75, 3.05) is 11.4 Å². The summed E-state index contributed by atoms with van der Waals surface area (Å²) in [6.45, 7) is 7.36. The first kappa shape index (κ1) is 18.6. The second-order valence-electron chi connectivity index (χ2n) is 6.52. The van der Waals surface area contributed by atoms with Crippen LogP contribution in [0.3, 0.4) is 0 Å². The molecule has 0 unspecified atom stereocenters. The minimum atomic E-state index is -0.180. The lowest BCUT2D eigenvalue weighted by atomic mass is 10.1. The highest BCUT2D eigenvalue weighted by Gasteiger charge is 2.12. The lowest BCUT2D eigenvalue weighted by Crippen LogP contribution is -2.24. The summed E-state index contributed by atoms with van der Waals surface area (Å²) in [4.78, 5) is 23.2. The van der Waals surface area contributed by atoms with Gasteiger partial charge in [-0.3, -0.25) is 4.79 Å². The number of rotatable bonds is 6. The molecule has 0 aliphatic heterocycles. The molecule has 3 rings (SSSR count). The Hall–Kier alpha value is -3.21. The van der Waals surface area contributed by atoms with E-state index in [1.807, 2.05) is 55.1 Å². The summed E-state index contributed by atoms with van der Waals surface area (Å²) < 4.78 is 0. The number of hydrogen-bond donors (Lipinski definition) is 1. The fourth-order valence-corrected chi connectivity index (χ4v) is 2.80. The Labute approximate surface area is 160 Å². The van der Waals surface area contributed by atoms with Crippen LogP contribution in [0, 0.1) is 13.8 Å². The van der Waals surface area contributed by atoms with Gasteiger partial charge in [0.05, 0.1) is 5.56 Å².